The Kier molecular flexibility index (Phi) is 4.69. The van der Waals surface area contributed by atoms with Crippen LogP contribution in [0.1, 0.15) is 37.7 Å². The van der Waals surface area contributed by atoms with Crippen LogP contribution in [0.4, 0.5) is 0 Å². The molecule has 1 aromatic heterocycles. The van der Waals surface area contributed by atoms with Crippen LogP contribution in [-0.4, -0.2) is 50.9 Å². The molecule has 2 atom stereocenters. The molecule has 7 nitrogen and oxygen atoms in total. The summed E-state index contributed by atoms with van der Waals surface area (Å²) < 4.78 is 1.69. The maximum absolute atomic E-state index is 12.4. The van der Waals surface area contributed by atoms with Gasteiger partial charge < -0.3 is 4.90 Å². The van der Waals surface area contributed by atoms with Crippen molar-refractivity contribution >= 4 is 17.7 Å². The fourth-order valence-corrected chi connectivity index (χ4v) is 3.77. The minimum absolute atomic E-state index is 0.0747. The van der Waals surface area contributed by atoms with Gasteiger partial charge in [0.2, 0.25) is 17.7 Å². The molecule has 3 amide bonds. The maximum Gasteiger partial charge on any atom is 0.233 e. The summed E-state index contributed by atoms with van der Waals surface area (Å²) in [5.41, 5.74) is 0.952. The van der Waals surface area contributed by atoms with Crippen LogP contribution >= 0.6 is 0 Å². The van der Waals surface area contributed by atoms with E-state index >= 15 is 0 Å². The maximum atomic E-state index is 12.4. The summed E-state index contributed by atoms with van der Waals surface area (Å²) in [4.78, 5) is 40.0. The fourth-order valence-electron chi connectivity index (χ4n) is 3.77. The third-order valence-corrected chi connectivity index (χ3v) is 5.09. The molecule has 1 aromatic rings. The van der Waals surface area contributed by atoms with Crippen molar-refractivity contribution in [3.05, 3.63) is 18.0 Å². The molecule has 0 radical (unpaired) electrons. The molecule has 1 saturated carbocycles. The second-order valence-electron chi connectivity index (χ2n) is 6.85. The van der Waals surface area contributed by atoms with E-state index in [4.69, 9.17) is 0 Å². The topological polar surface area (TPSA) is 75.5 Å². The highest BCUT2D eigenvalue weighted by Gasteiger charge is 2.47. The Morgan fingerprint density at radius 3 is 2.42 bits per heavy atom. The zero-order valence-corrected chi connectivity index (χ0v) is 14.3. The molecule has 0 spiro atoms. The van der Waals surface area contributed by atoms with Gasteiger partial charge in [0.05, 0.1) is 18.0 Å². The normalized spacial score (nSPS) is 23.5. The number of imide groups is 1. The van der Waals surface area contributed by atoms with Gasteiger partial charge in [0.1, 0.15) is 0 Å². The van der Waals surface area contributed by atoms with Crippen LogP contribution in [0.5, 0.6) is 0 Å². The molecule has 2 aliphatic rings. The molecule has 2 fully saturated rings. The van der Waals surface area contributed by atoms with Gasteiger partial charge in [-0.3, -0.25) is 24.0 Å². The smallest absolute Gasteiger partial charge is 0.233 e. The van der Waals surface area contributed by atoms with Gasteiger partial charge in [0, 0.05) is 45.4 Å². The summed E-state index contributed by atoms with van der Waals surface area (Å²) in [5.74, 6) is -0.516. The lowest BCUT2D eigenvalue weighted by Gasteiger charge is -2.19. The van der Waals surface area contributed by atoms with Crippen molar-refractivity contribution in [2.75, 3.05) is 13.6 Å². The summed E-state index contributed by atoms with van der Waals surface area (Å²) >= 11 is 0. The molecule has 2 heterocycles. The van der Waals surface area contributed by atoms with E-state index in [2.05, 4.69) is 5.10 Å². The van der Waals surface area contributed by atoms with Crippen LogP contribution in [0.15, 0.2) is 12.4 Å². The zero-order valence-electron chi connectivity index (χ0n) is 14.3. The third kappa shape index (κ3) is 3.20. The first kappa shape index (κ1) is 16.7. The Balaban J connectivity index is 1.54. The third-order valence-electron chi connectivity index (χ3n) is 5.09. The average Bonchev–Trinajstić information content (AvgIpc) is 3.08. The van der Waals surface area contributed by atoms with Gasteiger partial charge >= 0.3 is 0 Å². The molecule has 0 aromatic carbocycles. The molecule has 130 valence electrons. The number of likely N-dealkylation sites (tertiary alicyclic amines) is 1. The number of rotatable bonds is 5. The zero-order chi connectivity index (χ0) is 17.3. The summed E-state index contributed by atoms with van der Waals surface area (Å²) in [7, 11) is 3.55. The quantitative estimate of drug-likeness (QED) is 0.752. The number of nitrogens with zero attached hydrogens (tertiary/aromatic N) is 4. The minimum atomic E-state index is -0.144. The number of aryl methyl sites for hydroxylation is 1. The van der Waals surface area contributed by atoms with Crippen LogP contribution < -0.4 is 0 Å². The van der Waals surface area contributed by atoms with E-state index < -0.39 is 0 Å². The fraction of sp³-hybridized carbons (Fsp3) is 0.647. The van der Waals surface area contributed by atoms with Crippen molar-refractivity contribution in [1.82, 2.24) is 19.6 Å². The van der Waals surface area contributed by atoms with Crippen molar-refractivity contribution in [1.29, 1.82) is 0 Å². The van der Waals surface area contributed by atoms with Gasteiger partial charge in [-0.15, -0.1) is 0 Å². The number of hydrogen-bond donors (Lipinski definition) is 0. The van der Waals surface area contributed by atoms with E-state index in [0.29, 0.717) is 6.54 Å². The predicted octanol–water partition coefficient (Wildman–Crippen LogP) is 0.944. The van der Waals surface area contributed by atoms with E-state index in [9.17, 15) is 14.4 Å². The molecular formula is C17H24N4O3. The van der Waals surface area contributed by atoms with E-state index in [1.54, 1.807) is 22.8 Å². The van der Waals surface area contributed by atoms with Crippen LogP contribution in [0.25, 0.3) is 0 Å². The van der Waals surface area contributed by atoms with E-state index in [0.717, 1.165) is 31.2 Å². The molecule has 7 heteroatoms. The summed E-state index contributed by atoms with van der Waals surface area (Å²) in [6.45, 7) is 0.667. The van der Waals surface area contributed by atoms with Gasteiger partial charge in [0.15, 0.2) is 0 Å². The first-order chi connectivity index (χ1) is 11.5. The van der Waals surface area contributed by atoms with Crippen LogP contribution in [0.2, 0.25) is 0 Å². The van der Waals surface area contributed by atoms with Gasteiger partial charge in [-0.1, -0.05) is 12.8 Å². The predicted molar refractivity (Wildman–Crippen MR) is 86.5 cm³/mol. The Morgan fingerprint density at radius 1 is 1.25 bits per heavy atom. The number of carbonyl (C=O) groups excluding carboxylic acids is 3. The molecule has 1 saturated heterocycles. The van der Waals surface area contributed by atoms with E-state index in [1.165, 1.54) is 4.90 Å². The number of carbonyl (C=O) groups is 3. The number of fused-ring (bicyclic) bond motifs is 1. The minimum Gasteiger partial charge on any atom is -0.341 e. The molecular weight excluding hydrogens is 308 g/mol. The second-order valence-corrected chi connectivity index (χ2v) is 6.85. The Morgan fingerprint density at radius 2 is 1.88 bits per heavy atom. The summed E-state index contributed by atoms with van der Waals surface area (Å²) in [6.07, 6.45) is 7.40. The largest absolute Gasteiger partial charge is 0.341 e. The number of hydrogen-bond acceptors (Lipinski definition) is 4. The lowest BCUT2D eigenvalue weighted by Crippen LogP contribution is -2.36. The first-order valence-corrected chi connectivity index (χ1v) is 8.54. The van der Waals surface area contributed by atoms with Crippen molar-refractivity contribution in [2.45, 2.75) is 38.6 Å². The Bertz CT molecular complexity index is 630. The molecule has 0 bridgehead atoms. The highest BCUT2D eigenvalue weighted by molar-refractivity contribution is 6.05. The summed E-state index contributed by atoms with van der Waals surface area (Å²) in [5, 5.41) is 4.08. The van der Waals surface area contributed by atoms with Gasteiger partial charge in [-0.05, 0) is 12.8 Å². The van der Waals surface area contributed by atoms with Crippen molar-refractivity contribution in [3.63, 3.8) is 0 Å². The van der Waals surface area contributed by atoms with Crippen LogP contribution in [0.3, 0.4) is 0 Å². The standard InChI is InChI=1S/C17H24N4O3/c1-19(10-12-9-18-20(2)11-12)15(22)7-8-21-16(23)13-5-3-4-6-14(13)17(21)24/h9,11,13-14H,3-8,10H2,1-2H3/t13-,14-/m0/s1. The van der Waals surface area contributed by atoms with E-state index in [-0.39, 0.29) is 42.5 Å². The molecule has 1 aliphatic heterocycles. The van der Waals surface area contributed by atoms with Crippen molar-refractivity contribution in [2.24, 2.45) is 18.9 Å². The summed E-state index contributed by atoms with van der Waals surface area (Å²) in [6, 6.07) is 0. The highest BCUT2D eigenvalue weighted by Crippen LogP contribution is 2.37. The molecule has 3 rings (SSSR count). The molecule has 0 N–H and O–H groups in total. The number of amides is 3. The lowest BCUT2D eigenvalue weighted by atomic mass is 9.81. The highest BCUT2D eigenvalue weighted by atomic mass is 16.2. The van der Waals surface area contributed by atoms with Crippen molar-refractivity contribution in [3.8, 4) is 0 Å². The van der Waals surface area contributed by atoms with Crippen molar-refractivity contribution < 1.29 is 14.4 Å². The number of aromatic nitrogens is 2. The van der Waals surface area contributed by atoms with Crippen LogP contribution in [-0.2, 0) is 28.0 Å². The Labute approximate surface area is 141 Å². The second kappa shape index (κ2) is 6.75. The monoisotopic (exact) mass is 332 g/mol. The average molecular weight is 332 g/mol. The SMILES string of the molecule is CN(Cc1cnn(C)c1)C(=O)CCN1C(=O)[C@H]2CCCC[C@@H]2C1=O. The molecule has 24 heavy (non-hydrogen) atoms. The van der Waals surface area contributed by atoms with Gasteiger partial charge in [-0.25, -0.2) is 0 Å². The lowest BCUT2D eigenvalue weighted by molar-refractivity contribution is -0.140. The van der Waals surface area contributed by atoms with E-state index in [1.807, 2.05) is 13.2 Å². The van der Waals surface area contributed by atoms with Crippen LogP contribution in [0, 0.1) is 11.8 Å². The molecule has 1 aliphatic carbocycles. The molecule has 0 unspecified atom stereocenters. The van der Waals surface area contributed by atoms with Gasteiger partial charge in [0.25, 0.3) is 0 Å². The Hall–Kier alpha value is -2.18. The first-order valence-electron chi connectivity index (χ1n) is 8.54. The van der Waals surface area contributed by atoms with Gasteiger partial charge in [-0.2, -0.15) is 5.10 Å².